The van der Waals surface area contributed by atoms with Crippen LogP contribution in [0.5, 0.6) is 0 Å². The number of benzene rings is 2. The Bertz CT molecular complexity index is 1410. The molecule has 0 saturated carbocycles. The lowest BCUT2D eigenvalue weighted by Crippen LogP contribution is -2.12. The van der Waals surface area contributed by atoms with Crippen LogP contribution in [0.15, 0.2) is 48.8 Å². The van der Waals surface area contributed by atoms with Crippen LogP contribution in [0, 0.1) is 5.82 Å². The third-order valence-corrected chi connectivity index (χ3v) is 6.61. The zero-order valence-corrected chi connectivity index (χ0v) is 22.2. The fourth-order valence-electron chi connectivity index (χ4n) is 4.10. The standard InChI is InChI=1S/C26H26Cl3FN6O/c27-11-8-16-4-5-17(25(31)19(16)9-12-28)2-1-3-24(37)34-22-15-32-36-13-10-23(35-26(22)36)33-18-6-7-21(30)20(29)14-18/h4-7,10,13-15H,1-3,8-9,11-12,31H2,(H,33,35)(H,34,37). The number of carbonyl (C=O) groups is 1. The first kappa shape index (κ1) is 27.0. The molecule has 0 aliphatic heterocycles. The fourth-order valence-corrected chi connectivity index (χ4v) is 4.68. The van der Waals surface area contributed by atoms with Gasteiger partial charge in [0.2, 0.25) is 5.91 Å². The van der Waals surface area contributed by atoms with Crippen molar-refractivity contribution in [2.45, 2.75) is 32.1 Å². The Morgan fingerprint density at radius 3 is 2.59 bits per heavy atom. The summed E-state index contributed by atoms with van der Waals surface area (Å²) in [5.74, 6) is 0.836. The number of halogens is 4. The molecular weight excluding hydrogens is 538 g/mol. The largest absolute Gasteiger partial charge is 0.398 e. The molecule has 4 aromatic rings. The van der Waals surface area contributed by atoms with Gasteiger partial charge in [0.25, 0.3) is 0 Å². The van der Waals surface area contributed by atoms with Gasteiger partial charge in [-0.15, -0.1) is 23.2 Å². The van der Waals surface area contributed by atoms with E-state index in [-0.39, 0.29) is 10.9 Å². The Balaban J connectivity index is 1.39. The number of carbonyl (C=O) groups excluding carboxylic acids is 1. The molecule has 0 saturated heterocycles. The number of nitrogens with two attached hydrogens (primary N) is 1. The summed E-state index contributed by atoms with van der Waals surface area (Å²) in [6.07, 6.45) is 6.26. The summed E-state index contributed by atoms with van der Waals surface area (Å²) in [5.41, 5.74) is 11.9. The summed E-state index contributed by atoms with van der Waals surface area (Å²) >= 11 is 17.7. The van der Waals surface area contributed by atoms with Crippen LogP contribution in [0.1, 0.15) is 29.5 Å². The summed E-state index contributed by atoms with van der Waals surface area (Å²) in [4.78, 5) is 17.2. The predicted molar refractivity (Wildman–Crippen MR) is 149 cm³/mol. The number of aromatic nitrogens is 3. The van der Waals surface area contributed by atoms with Crippen molar-refractivity contribution in [3.05, 3.63) is 76.3 Å². The second kappa shape index (κ2) is 12.4. The molecule has 0 aliphatic rings. The lowest BCUT2D eigenvalue weighted by atomic mass is 9.95. The van der Waals surface area contributed by atoms with Crippen LogP contribution in [-0.4, -0.2) is 32.3 Å². The molecule has 0 fully saturated rings. The molecule has 1 amide bonds. The van der Waals surface area contributed by atoms with Gasteiger partial charge in [0.05, 0.1) is 11.2 Å². The zero-order chi connectivity index (χ0) is 26.4. The predicted octanol–water partition coefficient (Wildman–Crippen LogP) is 6.37. The number of hydrogen-bond acceptors (Lipinski definition) is 5. The Hall–Kier alpha value is -3.07. The number of nitrogen functional groups attached to an aromatic ring is 1. The molecule has 0 unspecified atom stereocenters. The Morgan fingerprint density at radius 1 is 1.05 bits per heavy atom. The number of nitrogens with zero attached hydrogens (tertiary/aromatic N) is 3. The summed E-state index contributed by atoms with van der Waals surface area (Å²) in [5, 5.41) is 10.2. The molecule has 7 nitrogen and oxygen atoms in total. The van der Waals surface area contributed by atoms with Gasteiger partial charge in [-0.25, -0.2) is 13.9 Å². The molecule has 4 rings (SSSR count). The highest BCUT2D eigenvalue weighted by Crippen LogP contribution is 2.26. The molecule has 0 radical (unpaired) electrons. The molecule has 0 spiro atoms. The SMILES string of the molecule is Nc1c(CCCC(=O)Nc2cnn3ccc(Nc4ccc(F)c(Cl)c4)nc23)ccc(CCCl)c1CCCl. The lowest BCUT2D eigenvalue weighted by molar-refractivity contribution is -0.116. The quantitative estimate of drug-likeness (QED) is 0.145. The van der Waals surface area contributed by atoms with Crippen LogP contribution >= 0.6 is 34.8 Å². The van der Waals surface area contributed by atoms with Gasteiger partial charge in [0, 0.05) is 35.8 Å². The van der Waals surface area contributed by atoms with E-state index in [1.165, 1.54) is 12.1 Å². The number of hydrogen-bond donors (Lipinski definition) is 3. The van der Waals surface area contributed by atoms with Crippen LogP contribution in [0.25, 0.3) is 5.65 Å². The van der Waals surface area contributed by atoms with E-state index in [4.69, 9.17) is 40.5 Å². The van der Waals surface area contributed by atoms with Crippen LogP contribution in [0.2, 0.25) is 5.02 Å². The van der Waals surface area contributed by atoms with Crippen molar-refractivity contribution in [2.75, 3.05) is 28.1 Å². The molecule has 2 aromatic carbocycles. The fraction of sp³-hybridized carbons (Fsp3) is 0.269. The number of rotatable bonds is 11. The van der Waals surface area contributed by atoms with Gasteiger partial charge in [-0.3, -0.25) is 4.79 Å². The maximum Gasteiger partial charge on any atom is 0.224 e. The van der Waals surface area contributed by atoms with E-state index in [2.05, 4.69) is 20.7 Å². The maximum atomic E-state index is 13.4. The average molecular weight is 564 g/mol. The lowest BCUT2D eigenvalue weighted by Gasteiger charge is -2.15. The molecule has 0 aliphatic carbocycles. The molecule has 0 atom stereocenters. The Kier molecular flexibility index (Phi) is 9.08. The Labute approximate surface area is 229 Å². The van der Waals surface area contributed by atoms with Crippen molar-refractivity contribution < 1.29 is 9.18 Å². The van der Waals surface area contributed by atoms with Gasteiger partial charge < -0.3 is 16.4 Å². The smallest absolute Gasteiger partial charge is 0.224 e. The van der Waals surface area contributed by atoms with Gasteiger partial charge in [-0.05, 0) is 66.6 Å². The van der Waals surface area contributed by atoms with Gasteiger partial charge in [-0.1, -0.05) is 23.7 Å². The molecule has 0 bridgehead atoms. The molecule has 11 heteroatoms. The average Bonchev–Trinajstić information content (AvgIpc) is 3.27. The minimum Gasteiger partial charge on any atom is -0.398 e. The third-order valence-electron chi connectivity index (χ3n) is 5.94. The van der Waals surface area contributed by atoms with E-state index >= 15 is 0 Å². The highest BCUT2D eigenvalue weighted by atomic mass is 35.5. The molecular formula is C26H26Cl3FN6O. The summed E-state index contributed by atoms with van der Waals surface area (Å²) in [7, 11) is 0. The number of aryl methyl sites for hydroxylation is 2. The molecule has 2 aromatic heterocycles. The number of alkyl halides is 2. The van der Waals surface area contributed by atoms with Gasteiger partial charge in [0.1, 0.15) is 17.3 Å². The normalized spacial score (nSPS) is 11.1. The first-order chi connectivity index (χ1) is 17.9. The van der Waals surface area contributed by atoms with Gasteiger partial charge >= 0.3 is 0 Å². The molecule has 37 heavy (non-hydrogen) atoms. The van der Waals surface area contributed by atoms with E-state index < -0.39 is 5.82 Å². The van der Waals surface area contributed by atoms with Crippen molar-refractivity contribution in [1.82, 2.24) is 14.6 Å². The highest BCUT2D eigenvalue weighted by Gasteiger charge is 2.13. The van der Waals surface area contributed by atoms with Crippen LogP contribution in [0.3, 0.4) is 0 Å². The van der Waals surface area contributed by atoms with E-state index in [0.29, 0.717) is 60.3 Å². The number of amides is 1. The van der Waals surface area contributed by atoms with E-state index in [1.807, 2.05) is 12.1 Å². The van der Waals surface area contributed by atoms with Crippen LogP contribution in [0.4, 0.5) is 27.3 Å². The van der Waals surface area contributed by atoms with Crippen molar-refractivity contribution in [3.63, 3.8) is 0 Å². The zero-order valence-electron chi connectivity index (χ0n) is 19.9. The first-order valence-corrected chi connectivity index (χ1v) is 13.2. The third kappa shape index (κ3) is 6.63. The summed E-state index contributed by atoms with van der Waals surface area (Å²) in [6.45, 7) is 0. The van der Waals surface area contributed by atoms with E-state index in [9.17, 15) is 9.18 Å². The maximum absolute atomic E-state index is 13.4. The van der Waals surface area contributed by atoms with Gasteiger partial charge in [-0.2, -0.15) is 5.10 Å². The van der Waals surface area contributed by atoms with Crippen molar-refractivity contribution in [1.29, 1.82) is 0 Å². The number of fused-ring (bicyclic) bond motifs is 1. The van der Waals surface area contributed by atoms with Crippen LogP contribution in [-0.2, 0) is 24.1 Å². The van der Waals surface area contributed by atoms with Crippen molar-refractivity contribution >= 4 is 69.2 Å². The topological polar surface area (TPSA) is 97.3 Å². The Morgan fingerprint density at radius 2 is 1.84 bits per heavy atom. The van der Waals surface area contributed by atoms with Crippen molar-refractivity contribution in [3.8, 4) is 0 Å². The monoisotopic (exact) mass is 562 g/mol. The van der Waals surface area contributed by atoms with E-state index in [1.54, 1.807) is 29.0 Å². The molecule has 2 heterocycles. The number of anilines is 4. The molecule has 4 N–H and O–H groups in total. The number of nitrogens with one attached hydrogen (secondary N) is 2. The van der Waals surface area contributed by atoms with Crippen LogP contribution < -0.4 is 16.4 Å². The van der Waals surface area contributed by atoms with Crippen molar-refractivity contribution in [2.24, 2.45) is 0 Å². The minimum atomic E-state index is -0.502. The summed E-state index contributed by atoms with van der Waals surface area (Å²) in [6, 6.07) is 10.1. The minimum absolute atomic E-state index is 0.00612. The molecule has 194 valence electrons. The summed E-state index contributed by atoms with van der Waals surface area (Å²) < 4.78 is 15.0. The second-order valence-corrected chi connectivity index (χ2v) is 9.61. The second-order valence-electron chi connectivity index (χ2n) is 8.45. The van der Waals surface area contributed by atoms with E-state index in [0.717, 1.165) is 28.8 Å². The first-order valence-electron chi connectivity index (χ1n) is 11.8. The highest BCUT2D eigenvalue weighted by molar-refractivity contribution is 6.31. The van der Waals surface area contributed by atoms with Gasteiger partial charge in [0.15, 0.2) is 5.65 Å².